The van der Waals surface area contributed by atoms with Gasteiger partial charge >= 0.3 is 11.9 Å². The van der Waals surface area contributed by atoms with Gasteiger partial charge in [0.25, 0.3) is 0 Å². The SMILES string of the molecule is CSCCC(NC(=O)C1CCCN1C(=O)C(N)CCC(=O)O)C(=O)NC(Cc1ccc(O)cc1)C(=O)O. The molecule has 0 aliphatic carbocycles. The van der Waals surface area contributed by atoms with Crippen molar-refractivity contribution >= 4 is 41.4 Å². The normalized spacial score (nSPS) is 17.5. The number of hydrogen-bond donors (Lipinski definition) is 6. The number of carboxylic acid groups (broad SMARTS) is 2. The second-order valence-corrected chi connectivity index (χ2v) is 9.83. The van der Waals surface area contributed by atoms with Crippen molar-refractivity contribution < 1.29 is 39.3 Å². The number of nitrogens with one attached hydrogen (secondary N) is 2. The molecule has 13 heteroatoms. The van der Waals surface area contributed by atoms with Gasteiger partial charge in [-0.1, -0.05) is 12.1 Å². The van der Waals surface area contributed by atoms with Gasteiger partial charge in [-0.05, 0) is 55.4 Å². The van der Waals surface area contributed by atoms with Crippen LogP contribution in [0.1, 0.15) is 37.7 Å². The molecule has 1 aromatic rings. The molecule has 1 aliphatic heterocycles. The average Bonchev–Trinajstić information content (AvgIpc) is 3.35. The van der Waals surface area contributed by atoms with E-state index < -0.39 is 53.8 Å². The number of amides is 3. The smallest absolute Gasteiger partial charge is 0.326 e. The molecule has 1 fully saturated rings. The summed E-state index contributed by atoms with van der Waals surface area (Å²) in [7, 11) is 0. The number of benzene rings is 1. The van der Waals surface area contributed by atoms with Crippen LogP contribution in [0.5, 0.6) is 5.75 Å². The minimum atomic E-state index is -1.26. The molecule has 0 aromatic heterocycles. The number of likely N-dealkylation sites (tertiary alicyclic amines) is 1. The van der Waals surface area contributed by atoms with E-state index in [2.05, 4.69) is 10.6 Å². The second kappa shape index (κ2) is 14.4. The first-order chi connectivity index (χ1) is 17.5. The molecule has 204 valence electrons. The molecule has 1 saturated heterocycles. The van der Waals surface area contributed by atoms with E-state index in [4.69, 9.17) is 10.8 Å². The number of carbonyl (C=O) groups is 5. The summed E-state index contributed by atoms with van der Waals surface area (Å²) in [5, 5.41) is 33.0. The minimum absolute atomic E-state index is 0.0241. The molecule has 0 spiro atoms. The highest BCUT2D eigenvalue weighted by Gasteiger charge is 2.38. The van der Waals surface area contributed by atoms with Gasteiger partial charge in [0.05, 0.1) is 6.04 Å². The van der Waals surface area contributed by atoms with Crippen LogP contribution in [-0.2, 0) is 30.4 Å². The van der Waals surface area contributed by atoms with Crippen LogP contribution in [0.15, 0.2) is 24.3 Å². The predicted octanol–water partition coefficient (Wildman–Crippen LogP) is -0.0749. The number of phenols is 1. The third kappa shape index (κ3) is 9.25. The number of nitrogens with two attached hydrogens (primary N) is 1. The largest absolute Gasteiger partial charge is 0.508 e. The molecule has 2 rings (SSSR count). The molecule has 0 bridgehead atoms. The van der Waals surface area contributed by atoms with Gasteiger partial charge in [-0.25, -0.2) is 4.79 Å². The number of phenolic OH excluding ortho intramolecular Hbond substituents is 1. The molecule has 4 unspecified atom stereocenters. The van der Waals surface area contributed by atoms with Crippen LogP contribution in [-0.4, -0.2) is 92.6 Å². The Bertz CT molecular complexity index is 974. The number of hydrogen-bond acceptors (Lipinski definition) is 8. The Morgan fingerprint density at radius 1 is 1.08 bits per heavy atom. The molecule has 0 saturated carbocycles. The van der Waals surface area contributed by atoms with Crippen LogP contribution >= 0.6 is 11.8 Å². The van der Waals surface area contributed by atoms with Crippen LogP contribution in [0.2, 0.25) is 0 Å². The van der Waals surface area contributed by atoms with Gasteiger partial charge in [0.1, 0.15) is 23.9 Å². The maximum Gasteiger partial charge on any atom is 0.326 e. The van der Waals surface area contributed by atoms with Crippen molar-refractivity contribution in [2.24, 2.45) is 5.73 Å². The first-order valence-electron chi connectivity index (χ1n) is 11.9. The second-order valence-electron chi connectivity index (χ2n) is 8.84. The molecule has 12 nitrogen and oxygen atoms in total. The lowest BCUT2D eigenvalue weighted by Crippen LogP contribution is -2.57. The monoisotopic (exact) mass is 538 g/mol. The quantitative estimate of drug-likeness (QED) is 0.186. The minimum Gasteiger partial charge on any atom is -0.508 e. The third-order valence-corrected chi connectivity index (χ3v) is 6.70. The highest BCUT2D eigenvalue weighted by atomic mass is 32.2. The molecule has 7 N–H and O–H groups in total. The number of carboxylic acids is 2. The summed E-state index contributed by atoms with van der Waals surface area (Å²) in [6, 6.07) is 1.73. The number of aromatic hydroxyl groups is 1. The van der Waals surface area contributed by atoms with Crippen molar-refractivity contribution in [2.45, 2.75) is 62.7 Å². The first kappa shape index (κ1) is 29.9. The van der Waals surface area contributed by atoms with Gasteiger partial charge < -0.3 is 36.6 Å². The average molecular weight is 539 g/mol. The lowest BCUT2D eigenvalue weighted by atomic mass is 10.0. The van der Waals surface area contributed by atoms with Crippen molar-refractivity contribution in [3.63, 3.8) is 0 Å². The zero-order valence-electron chi connectivity index (χ0n) is 20.6. The van der Waals surface area contributed by atoms with Gasteiger partial charge in [-0.3, -0.25) is 19.2 Å². The van der Waals surface area contributed by atoms with Gasteiger partial charge in [-0.15, -0.1) is 0 Å². The van der Waals surface area contributed by atoms with Crippen LogP contribution in [0.25, 0.3) is 0 Å². The van der Waals surface area contributed by atoms with Crippen molar-refractivity contribution in [1.82, 2.24) is 15.5 Å². The van der Waals surface area contributed by atoms with Crippen LogP contribution in [0.4, 0.5) is 0 Å². The van der Waals surface area contributed by atoms with E-state index in [-0.39, 0.29) is 38.0 Å². The molecule has 3 amide bonds. The Labute approximate surface area is 219 Å². The van der Waals surface area contributed by atoms with E-state index >= 15 is 0 Å². The maximum atomic E-state index is 13.1. The summed E-state index contributed by atoms with van der Waals surface area (Å²) in [6.45, 7) is 0.285. The van der Waals surface area contributed by atoms with Crippen molar-refractivity contribution in [2.75, 3.05) is 18.6 Å². The fourth-order valence-electron chi connectivity index (χ4n) is 4.03. The van der Waals surface area contributed by atoms with Crippen LogP contribution in [0.3, 0.4) is 0 Å². The molecular formula is C24H34N4O8S. The van der Waals surface area contributed by atoms with E-state index in [1.54, 1.807) is 12.1 Å². The Morgan fingerprint density at radius 3 is 2.35 bits per heavy atom. The number of aliphatic carboxylic acids is 2. The Kier molecular flexibility index (Phi) is 11.7. The molecule has 37 heavy (non-hydrogen) atoms. The molecule has 1 aromatic carbocycles. The van der Waals surface area contributed by atoms with Crippen LogP contribution < -0.4 is 16.4 Å². The number of nitrogens with zero attached hydrogens (tertiary/aromatic N) is 1. The van der Waals surface area contributed by atoms with E-state index in [0.29, 0.717) is 24.2 Å². The third-order valence-electron chi connectivity index (χ3n) is 6.06. The molecule has 0 radical (unpaired) electrons. The predicted molar refractivity (Wildman–Crippen MR) is 136 cm³/mol. The van der Waals surface area contributed by atoms with Gasteiger partial charge in [0, 0.05) is 19.4 Å². The van der Waals surface area contributed by atoms with Gasteiger partial charge in [0.15, 0.2) is 0 Å². The summed E-state index contributed by atoms with van der Waals surface area (Å²) < 4.78 is 0. The number of thioether (sulfide) groups is 1. The van der Waals surface area contributed by atoms with Crippen molar-refractivity contribution in [3.05, 3.63) is 29.8 Å². The Hall–Kier alpha value is -3.32. The zero-order valence-corrected chi connectivity index (χ0v) is 21.4. The zero-order chi connectivity index (χ0) is 27.5. The summed E-state index contributed by atoms with van der Waals surface area (Å²) >= 11 is 1.45. The Balaban J connectivity index is 2.08. The topological polar surface area (TPSA) is 199 Å². The number of rotatable bonds is 14. The van der Waals surface area contributed by atoms with Gasteiger partial charge in [0.2, 0.25) is 17.7 Å². The highest BCUT2D eigenvalue weighted by Crippen LogP contribution is 2.20. The summed E-state index contributed by atoms with van der Waals surface area (Å²) in [6.07, 6.45) is 2.62. The van der Waals surface area contributed by atoms with Crippen molar-refractivity contribution in [3.8, 4) is 5.75 Å². The van der Waals surface area contributed by atoms with Crippen LogP contribution in [0, 0.1) is 0 Å². The molecule has 1 heterocycles. The lowest BCUT2D eigenvalue weighted by Gasteiger charge is -2.28. The van der Waals surface area contributed by atoms with E-state index in [9.17, 15) is 34.2 Å². The maximum absolute atomic E-state index is 13.1. The fraction of sp³-hybridized carbons (Fsp3) is 0.542. The summed E-state index contributed by atoms with van der Waals surface area (Å²) in [4.78, 5) is 62.8. The Morgan fingerprint density at radius 2 is 1.76 bits per heavy atom. The first-order valence-corrected chi connectivity index (χ1v) is 13.3. The molecule has 1 aliphatic rings. The fourth-order valence-corrected chi connectivity index (χ4v) is 4.50. The van der Waals surface area contributed by atoms with E-state index in [1.807, 2.05) is 6.26 Å². The van der Waals surface area contributed by atoms with E-state index in [1.165, 1.54) is 28.8 Å². The molecule has 4 atom stereocenters. The lowest BCUT2D eigenvalue weighted by molar-refractivity contribution is -0.143. The van der Waals surface area contributed by atoms with E-state index in [0.717, 1.165) is 0 Å². The highest BCUT2D eigenvalue weighted by molar-refractivity contribution is 7.98. The number of carbonyl (C=O) groups excluding carboxylic acids is 3. The molecular weight excluding hydrogens is 504 g/mol. The van der Waals surface area contributed by atoms with Crippen molar-refractivity contribution in [1.29, 1.82) is 0 Å². The summed E-state index contributed by atoms with van der Waals surface area (Å²) in [5.41, 5.74) is 6.45. The summed E-state index contributed by atoms with van der Waals surface area (Å²) in [5.74, 6) is -3.52. The van der Waals surface area contributed by atoms with Gasteiger partial charge in [-0.2, -0.15) is 11.8 Å². The standard InChI is InChI=1S/C24H34N4O8S/c1-37-12-10-17(21(32)27-18(24(35)36)13-14-4-6-15(29)7-5-14)26-22(33)19-3-2-11-28(19)23(34)16(25)8-9-20(30)31/h4-7,16-19,29H,2-3,8-13,25H2,1H3,(H,26,33)(H,27,32)(H,30,31)(H,35,36).